The minimum atomic E-state index is -0.127. The zero-order valence-electron chi connectivity index (χ0n) is 9.52. The van der Waals surface area contributed by atoms with Crippen LogP contribution in [0.1, 0.15) is 5.56 Å². The topological polar surface area (TPSA) is 68.0 Å². The van der Waals surface area contributed by atoms with Gasteiger partial charge in [-0.05, 0) is 18.1 Å². The van der Waals surface area contributed by atoms with Gasteiger partial charge in [-0.2, -0.15) is 0 Å². The summed E-state index contributed by atoms with van der Waals surface area (Å²) in [6.07, 6.45) is 2.55. The van der Waals surface area contributed by atoms with Crippen molar-refractivity contribution in [2.45, 2.75) is 6.42 Å². The fraction of sp³-hybridized carbons (Fsp3) is 0.231. The number of benzene rings is 1. The number of hydrogen-bond acceptors (Lipinski definition) is 3. The van der Waals surface area contributed by atoms with Crippen LogP contribution in [0.4, 0.5) is 0 Å². The van der Waals surface area contributed by atoms with E-state index in [-0.39, 0.29) is 12.5 Å². The van der Waals surface area contributed by atoms with E-state index < -0.39 is 0 Å². The van der Waals surface area contributed by atoms with Gasteiger partial charge >= 0.3 is 0 Å². The second kappa shape index (κ2) is 5.41. The fourth-order valence-corrected chi connectivity index (χ4v) is 1.78. The molecular formula is C13H15N3O. The van der Waals surface area contributed by atoms with Gasteiger partial charge in [0.15, 0.2) is 0 Å². The Morgan fingerprint density at radius 2 is 2.12 bits per heavy atom. The number of amides is 1. The van der Waals surface area contributed by atoms with Gasteiger partial charge < -0.3 is 11.1 Å². The maximum absolute atomic E-state index is 11.0. The highest BCUT2D eigenvalue weighted by Gasteiger charge is 2.02. The summed E-state index contributed by atoms with van der Waals surface area (Å²) in [5.41, 5.74) is 7.35. The highest BCUT2D eigenvalue weighted by molar-refractivity contribution is 5.81. The van der Waals surface area contributed by atoms with E-state index in [1.807, 2.05) is 30.3 Å². The molecule has 1 amide bonds. The molecule has 2 rings (SSSR count). The lowest BCUT2D eigenvalue weighted by molar-refractivity contribution is -0.119. The molecule has 0 spiro atoms. The van der Waals surface area contributed by atoms with Crippen LogP contribution in [0.2, 0.25) is 0 Å². The summed E-state index contributed by atoms with van der Waals surface area (Å²) in [7, 11) is 0. The Balaban J connectivity index is 2.11. The molecule has 0 aliphatic heterocycles. The Morgan fingerprint density at radius 1 is 1.29 bits per heavy atom. The molecule has 0 aliphatic carbocycles. The van der Waals surface area contributed by atoms with Crippen molar-refractivity contribution in [2.24, 2.45) is 5.73 Å². The van der Waals surface area contributed by atoms with Crippen molar-refractivity contribution >= 4 is 16.8 Å². The number of aromatic nitrogens is 1. The Kier molecular flexibility index (Phi) is 3.67. The van der Waals surface area contributed by atoms with Crippen LogP contribution in [-0.2, 0) is 11.2 Å². The molecule has 0 aliphatic rings. The van der Waals surface area contributed by atoms with Crippen molar-refractivity contribution in [1.29, 1.82) is 0 Å². The first-order valence-corrected chi connectivity index (χ1v) is 5.60. The third-order valence-corrected chi connectivity index (χ3v) is 2.62. The molecule has 2 aromatic rings. The molecule has 0 bridgehead atoms. The number of nitrogens with zero attached hydrogens (tertiary/aromatic N) is 1. The monoisotopic (exact) mass is 229 g/mol. The third kappa shape index (κ3) is 2.79. The van der Waals surface area contributed by atoms with E-state index in [1.165, 1.54) is 0 Å². The number of carbonyl (C=O) groups is 1. The Morgan fingerprint density at radius 3 is 2.94 bits per heavy atom. The summed E-state index contributed by atoms with van der Waals surface area (Å²) in [6, 6.07) is 10.0. The van der Waals surface area contributed by atoms with E-state index in [0.29, 0.717) is 6.54 Å². The maximum atomic E-state index is 11.0. The molecule has 4 heteroatoms. The van der Waals surface area contributed by atoms with E-state index in [2.05, 4.69) is 10.3 Å². The molecule has 0 atom stereocenters. The molecule has 4 nitrogen and oxygen atoms in total. The minimum absolute atomic E-state index is 0.0355. The molecule has 88 valence electrons. The van der Waals surface area contributed by atoms with Gasteiger partial charge in [-0.15, -0.1) is 0 Å². The Labute approximate surface area is 99.8 Å². The van der Waals surface area contributed by atoms with Gasteiger partial charge in [-0.1, -0.05) is 24.3 Å². The van der Waals surface area contributed by atoms with E-state index in [0.717, 1.165) is 22.9 Å². The highest BCUT2D eigenvalue weighted by Crippen LogP contribution is 2.15. The third-order valence-electron chi connectivity index (χ3n) is 2.62. The highest BCUT2D eigenvalue weighted by atomic mass is 16.1. The largest absolute Gasteiger partial charge is 0.355 e. The van der Waals surface area contributed by atoms with Crippen molar-refractivity contribution in [3.8, 4) is 0 Å². The average molecular weight is 229 g/mol. The molecule has 0 saturated carbocycles. The van der Waals surface area contributed by atoms with Crippen molar-refractivity contribution in [2.75, 3.05) is 13.1 Å². The van der Waals surface area contributed by atoms with Gasteiger partial charge in [0.25, 0.3) is 0 Å². The van der Waals surface area contributed by atoms with E-state index >= 15 is 0 Å². The first-order valence-electron chi connectivity index (χ1n) is 5.60. The summed E-state index contributed by atoms with van der Waals surface area (Å²) < 4.78 is 0. The van der Waals surface area contributed by atoms with E-state index in [1.54, 1.807) is 6.20 Å². The SMILES string of the molecule is NCC(=O)NCCc1cccc2cccnc12. The van der Waals surface area contributed by atoms with Crippen LogP contribution in [0.25, 0.3) is 10.9 Å². The number of nitrogens with one attached hydrogen (secondary N) is 1. The quantitative estimate of drug-likeness (QED) is 0.816. The first kappa shape index (κ1) is 11.5. The van der Waals surface area contributed by atoms with Crippen molar-refractivity contribution in [3.05, 3.63) is 42.1 Å². The molecule has 1 heterocycles. The lowest BCUT2D eigenvalue weighted by Crippen LogP contribution is -2.31. The summed E-state index contributed by atoms with van der Waals surface area (Å²) >= 11 is 0. The lowest BCUT2D eigenvalue weighted by Gasteiger charge is -2.06. The van der Waals surface area contributed by atoms with Gasteiger partial charge in [0.2, 0.25) is 5.91 Å². The normalized spacial score (nSPS) is 10.4. The van der Waals surface area contributed by atoms with Crippen LogP contribution in [0.5, 0.6) is 0 Å². The maximum Gasteiger partial charge on any atom is 0.233 e. The first-order chi connectivity index (χ1) is 8.31. The molecule has 1 aromatic heterocycles. The molecule has 0 fully saturated rings. The second-order valence-corrected chi connectivity index (χ2v) is 3.80. The number of para-hydroxylation sites is 1. The number of hydrogen-bond donors (Lipinski definition) is 2. The standard InChI is InChI=1S/C13H15N3O/c14-9-12(17)15-8-6-11-4-1-3-10-5-2-7-16-13(10)11/h1-5,7H,6,8-9,14H2,(H,15,17). The van der Waals surface area contributed by atoms with Gasteiger partial charge in [0, 0.05) is 18.1 Å². The molecular weight excluding hydrogens is 214 g/mol. The summed E-state index contributed by atoms with van der Waals surface area (Å²) in [5, 5.41) is 3.87. The van der Waals surface area contributed by atoms with Gasteiger partial charge in [0.1, 0.15) is 0 Å². The smallest absolute Gasteiger partial charge is 0.233 e. The van der Waals surface area contributed by atoms with Gasteiger partial charge in [-0.25, -0.2) is 0 Å². The zero-order valence-corrected chi connectivity index (χ0v) is 9.52. The second-order valence-electron chi connectivity index (χ2n) is 3.80. The Hall–Kier alpha value is -1.94. The Bertz CT molecular complexity index is 520. The lowest BCUT2D eigenvalue weighted by atomic mass is 10.1. The van der Waals surface area contributed by atoms with Gasteiger partial charge in [0.05, 0.1) is 12.1 Å². The van der Waals surface area contributed by atoms with Crippen LogP contribution >= 0.6 is 0 Å². The van der Waals surface area contributed by atoms with Crippen LogP contribution in [0, 0.1) is 0 Å². The van der Waals surface area contributed by atoms with E-state index in [9.17, 15) is 4.79 Å². The molecule has 0 radical (unpaired) electrons. The number of pyridine rings is 1. The predicted octanol–water partition coefficient (Wildman–Crippen LogP) is 0.852. The fourth-order valence-electron chi connectivity index (χ4n) is 1.78. The number of carbonyl (C=O) groups excluding carboxylic acids is 1. The predicted molar refractivity (Wildman–Crippen MR) is 67.5 cm³/mol. The molecule has 3 N–H and O–H groups in total. The van der Waals surface area contributed by atoms with Crippen LogP contribution in [0.3, 0.4) is 0 Å². The van der Waals surface area contributed by atoms with Gasteiger partial charge in [-0.3, -0.25) is 9.78 Å². The number of fused-ring (bicyclic) bond motifs is 1. The molecule has 0 saturated heterocycles. The molecule has 1 aromatic carbocycles. The summed E-state index contributed by atoms with van der Waals surface area (Å²) in [5.74, 6) is -0.127. The van der Waals surface area contributed by atoms with Crippen molar-refractivity contribution < 1.29 is 4.79 Å². The average Bonchev–Trinajstić information content (AvgIpc) is 2.39. The summed E-state index contributed by atoms with van der Waals surface area (Å²) in [6.45, 7) is 0.625. The molecule has 0 unspecified atom stereocenters. The van der Waals surface area contributed by atoms with Crippen LogP contribution in [0.15, 0.2) is 36.5 Å². The van der Waals surface area contributed by atoms with Crippen molar-refractivity contribution in [1.82, 2.24) is 10.3 Å². The number of rotatable bonds is 4. The summed E-state index contributed by atoms with van der Waals surface area (Å²) in [4.78, 5) is 15.4. The molecule has 17 heavy (non-hydrogen) atoms. The number of nitrogens with two attached hydrogens (primary N) is 1. The van der Waals surface area contributed by atoms with Crippen molar-refractivity contribution in [3.63, 3.8) is 0 Å². The zero-order chi connectivity index (χ0) is 12.1. The van der Waals surface area contributed by atoms with Crippen LogP contribution < -0.4 is 11.1 Å². The minimum Gasteiger partial charge on any atom is -0.355 e. The van der Waals surface area contributed by atoms with Crippen LogP contribution in [-0.4, -0.2) is 24.0 Å². The van der Waals surface area contributed by atoms with E-state index in [4.69, 9.17) is 5.73 Å².